The van der Waals surface area contributed by atoms with Gasteiger partial charge in [-0.1, -0.05) is 6.07 Å². The third-order valence-electron chi connectivity index (χ3n) is 4.45. The molecule has 2 heterocycles. The fourth-order valence-electron chi connectivity index (χ4n) is 2.99. The van der Waals surface area contributed by atoms with E-state index in [4.69, 9.17) is 4.74 Å². The molecule has 1 aromatic heterocycles. The van der Waals surface area contributed by atoms with Crippen LogP contribution >= 0.6 is 0 Å². The van der Waals surface area contributed by atoms with Crippen LogP contribution in [0.2, 0.25) is 0 Å². The van der Waals surface area contributed by atoms with E-state index in [1.807, 2.05) is 17.7 Å². The summed E-state index contributed by atoms with van der Waals surface area (Å²) < 4.78 is 7.45. The number of ether oxygens (including phenoxy) is 1. The fourth-order valence-corrected chi connectivity index (χ4v) is 2.99. The average Bonchev–Trinajstić information content (AvgIpc) is 3.34. The number of hydrogen-bond acceptors (Lipinski definition) is 4. The number of aromatic nitrogens is 2. The molecule has 138 valence electrons. The monoisotopic (exact) mass is 356 g/mol. The highest BCUT2D eigenvalue weighted by molar-refractivity contribution is 5.97. The van der Waals surface area contributed by atoms with E-state index >= 15 is 0 Å². The Hall–Kier alpha value is -2.67. The van der Waals surface area contributed by atoms with Crippen molar-refractivity contribution in [1.29, 1.82) is 0 Å². The summed E-state index contributed by atoms with van der Waals surface area (Å²) in [6.45, 7) is 3.27. The van der Waals surface area contributed by atoms with Crippen LogP contribution in [0.4, 0.5) is 5.69 Å². The van der Waals surface area contributed by atoms with Crippen molar-refractivity contribution in [2.24, 2.45) is 0 Å². The van der Waals surface area contributed by atoms with Crippen molar-refractivity contribution in [2.75, 3.05) is 11.9 Å². The zero-order valence-electron chi connectivity index (χ0n) is 14.9. The van der Waals surface area contributed by atoms with Crippen LogP contribution in [-0.4, -0.2) is 40.1 Å². The molecule has 1 aliphatic rings. The number of amides is 2. The molecule has 0 aliphatic carbocycles. The zero-order valence-corrected chi connectivity index (χ0v) is 14.9. The van der Waals surface area contributed by atoms with Gasteiger partial charge in [0.1, 0.15) is 0 Å². The van der Waals surface area contributed by atoms with Crippen molar-refractivity contribution < 1.29 is 14.3 Å². The molecule has 1 aromatic carbocycles. The summed E-state index contributed by atoms with van der Waals surface area (Å²) in [5, 5.41) is 5.81. The van der Waals surface area contributed by atoms with E-state index in [1.54, 1.807) is 36.8 Å². The number of carbonyl (C=O) groups excluding carboxylic acids is 2. The maximum Gasteiger partial charge on any atom is 0.251 e. The van der Waals surface area contributed by atoms with Crippen molar-refractivity contribution in [3.63, 3.8) is 0 Å². The van der Waals surface area contributed by atoms with Crippen LogP contribution < -0.4 is 10.6 Å². The van der Waals surface area contributed by atoms with E-state index in [0.29, 0.717) is 24.2 Å². The highest BCUT2D eigenvalue weighted by atomic mass is 16.5. The second-order valence-electron chi connectivity index (χ2n) is 6.49. The second-order valence-corrected chi connectivity index (χ2v) is 6.49. The lowest BCUT2D eigenvalue weighted by Gasteiger charge is -2.20. The molecule has 0 bridgehead atoms. The summed E-state index contributed by atoms with van der Waals surface area (Å²) in [6, 6.07) is 6.91. The van der Waals surface area contributed by atoms with Crippen molar-refractivity contribution in [3.8, 4) is 0 Å². The summed E-state index contributed by atoms with van der Waals surface area (Å²) in [5.41, 5.74) is 1.13. The molecule has 1 fully saturated rings. The lowest BCUT2D eigenvalue weighted by molar-refractivity contribution is -0.116. The first-order valence-corrected chi connectivity index (χ1v) is 8.90. The molecule has 2 unspecified atom stereocenters. The van der Waals surface area contributed by atoms with Crippen molar-refractivity contribution in [3.05, 3.63) is 48.5 Å². The number of nitrogens with zero attached hydrogens (tertiary/aromatic N) is 2. The normalized spacial score (nSPS) is 17.7. The van der Waals surface area contributed by atoms with Gasteiger partial charge in [-0.25, -0.2) is 4.98 Å². The van der Waals surface area contributed by atoms with E-state index in [0.717, 1.165) is 19.4 Å². The van der Waals surface area contributed by atoms with Gasteiger partial charge in [0.15, 0.2) is 0 Å². The molecular weight excluding hydrogens is 332 g/mol. The number of rotatable bonds is 7. The SMILES string of the molecule is CC(NC(=O)c1cccc(NC(=O)CCn2ccnc2)c1)C1CCCO1. The molecule has 0 radical (unpaired) electrons. The molecular formula is C19H24N4O3. The van der Waals surface area contributed by atoms with Gasteiger partial charge in [-0.2, -0.15) is 0 Å². The number of aryl methyl sites for hydroxylation is 1. The molecule has 2 amide bonds. The lowest BCUT2D eigenvalue weighted by atomic mass is 10.1. The van der Waals surface area contributed by atoms with Crippen LogP contribution in [0.3, 0.4) is 0 Å². The number of nitrogens with one attached hydrogen (secondary N) is 2. The molecule has 0 saturated carbocycles. The second kappa shape index (κ2) is 8.62. The first-order chi connectivity index (χ1) is 12.6. The Balaban J connectivity index is 1.53. The van der Waals surface area contributed by atoms with Gasteiger partial charge < -0.3 is 19.9 Å². The molecule has 1 aliphatic heterocycles. The number of imidazole rings is 1. The Morgan fingerprint density at radius 1 is 1.42 bits per heavy atom. The number of anilines is 1. The summed E-state index contributed by atoms with van der Waals surface area (Å²) in [7, 11) is 0. The van der Waals surface area contributed by atoms with Crippen molar-refractivity contribution in [2.45, 2.75) is 44.9 Å². The molecule has 2 N–H and O–H groups in total. The van der Waals surface area contributed by atoms with E-state index in [-0.39, 0.29) is 24.0 Å². The van der Waals surface area contributed by atoms with Gasteiger partial charge in [0.25, 0.3) is 5.91 Å². The fraction of sp³-hybridized carbons (Fsp3) is 0.421. The smallest absolute Gasteiger partial charge is 0.251 e. The Bertz CT molecular complexity index is 739. The van der Waals surface area contributed by atoms with Gasteiger partial charge in [0, 0.05) is 43.2 Å². The number of carbonyl (C=O) groups is 2. The summed E-state index contributed by atoms with van der Waals surface area (Å²) >= 11 is 0. The topological polar surface area (TPSA) is 85.3 Å². The summed E-state index contributed by atoms with van der Waals surface area (Å²) in [5.74, 6) is -0.272. The standard InChI is InChI=1S/C19H24N4O3/c1-14(17-6-3-11-26-17)21-19(25)15-4-2-5-16(12-15)22-18(24)7-9-23-10-8-20-13-23/h2,4-5,8,10,12-14,17H,3,6-7,9,11H2,1H3,(H,21,25)(H,22,24). The Morgan fingerprint density at radius 3 is 3.04 bits per heavy atom. The summed E-state index contributed by atoms with van der Waals surface area (Å²) in [4.78, 5) is 28.5. The van der Waals surface area contributed by atoms with Crippen LogP contribution in [0.25, 0.3) is 0 Å². The maximum absolute atomic E-state index is 12.4. The van der Waals surface area contributed by atoms with E-state index in [1.165, 1.54) is 0 Å². The minimum atomic E-state index is -0.164. The average molecular weight is 356 g/mol. The highest BCUT2D eigenvalue weighted by Crippen LogP contribution is 2.16. The molecule has 0 spiro atoms. The van der Waals surface area contributed by atoms with Gasteiger partial charge in [0.05, 0.1) is 18.5 Å². The molecule has 1 saturated heterocycles. The minimum Gasteiger partial charge on any atom is -0.376 e. The first-order valence-electron chi connectivity index (χ1n) is 8.90. The molecule has 26 heavy (non-hydrogen) atoms. The maximum atomic E-state index is 12.4. The van der Waals surface area contributed by atoms with Crippen molar-refractivity contribution >= 4 is 17.5 Å². The van der Waals surface area contributed by atoms with Crippen LogP contribution in [0.5, 0.6) is 0 Å². The molecule has 7 heteroatoms. The lowest BCUT2D eigenvalue weighted by Crippen LogP contribution is -2.40. The van der Waals surface area contributed by atoms with E-state index < -0.39 is 0 Å². The first kappa shape index (κ1) is 18.1. The van der Waals surface area contributed by atoms with E-state index in [9.17, 15) is 9.59 Å². The van der Waals surface area contributed by atoms with Crippen LogP contribution in [0.15, 0.2) is 43.0 Å². The van der Waals surface area contributed by atoms with Crippen LogP contribution in [0.1, 0.15) is 36.5 Å². The Labute approximate surface area is 152 Å². The molecule has 2 atom stereocenters. The minimum absolute atomic E-state index is 0.0431. The zero-order chi connectivity index (χ0) is 18.4. The molecule has 2 aromatic rings. The summed E-state index contributed by atoms with van der Waals surface area (Å²) in [6.07, 6.45) is 7.58. The van der Waals surface area contributed by atoms with Gasteiger partial charge in [-0.3, -0.25) is 9.59 Å². The third-order valence-corrected chi connectivity index (χ3v) is 4.45. The van der Waals surface area contributed by atoms with Gasteiger partial charge in [-0.05, 0) is 38.0 Å². The Kier molecular flexibility index (Phi) is 6.01. The number of benzene rings is 1. The number of hydrogen-bond donors (Lipinski definition) is 2. The van der Waals surface area contributed by atoms with Gasteiger partial charge >= 0.3 is 0 Å². The molecule has 7 nitrogen and oxygen atoms in total. The Morgan fingerprint density at radius 2 is 2.31 bits per heavy atom. The van der Waals surface area contributed by atoms with Crippen LogP contribution in [-0.2, 0) is 16.1 Å². The van der Waals surface area contributed by atoms with Gasteiger partial charge in [-0.15, -0.1) is 0 Å². The van der Waals surface area contributed by atoms with Gasteiger partial charge in [0.2, 0.25) is 5.91 Å². The predicted molar refractivity (Wildman–Crippen MR) is 97.8 cm³/mol. The third kappa shape index (κ3) is 4.92. The van der Waals surface area contributed by atoms with Crippen molar-refractivity contribution in [1.82, 2.24) is 14.9 Å². The highest BCUT2D eigenvalue weighted by Gasteiger charge is 2.24. The largest absolute Gasteiger partial charge is 0.376 e. The van der Waals surface area contributed by atoms with Crippen LogP contribution in [0, 0.1) is 0 Å². The quantitative estimate of drug-likeness (QED) is 0.796. The predicted octanol–water partition coefficient (Wildman–Crippen LogP) is 2.21. The molecule has 3 rings (SSSR count). The van der Waals surface area contributed by atoms with E-state index in [2.05, 4.69) is 15.6 Å².